The van der Waals surface area contributed by atoms with Crippen LogP contribution in [0.2, 0.25) is 0 Å². The van der Waals surface area contributed by atoms with Crippen LogP contribution >= 0.6 is 0 Å². The molecule has 184 valence electrons. The first-order chi connectivity index (χ1) is 16.3. The van der Waals surface area contributed by atoms with Crippen molar-refractivity contribution >= 4 is 27.4 Å². The van der Waals surface area contributed by atoms with E-state index in [2.05, 4.69) is 15.5 Å². The van der Waals surface area contributed by atoms with Gasteiger partial charge in [0.1, 0.15) is 10.6 Å². The molecule has 3 N–H and O–H groups in total. The van der Waals surface area contributed by atoms with Gasteiger partial charge in [-0.25, -0.2) is 23.2 Å². The summed E-state index contributed by atoms with van der Waals surface area (Å²) in [5.41, 5.74) is 1.79. The number of benzene rings is 1. The highest BCUT2D eigenvalue weighted by atomic mass is 32.2. The lowest BCUT2D eigenvalue weighted by atomic mass is 10.1. The third-order valence-corrected chi connectivity index (χ3v) is 8.77. The Balaban J connectivity index is 1.73. The number of amides is 2. The molecule has 10 nitrogen and oxygen atoms in total. The van der Waals surface area contributed by atoms with E-state index in [4.69, 9.17) is 14.7 Å². The molecule has 2 amide bonds. The summed E-state index contributed by atoms with van der Waals surface area (Å²) in [4.78, 5) is 23.4. The number of urea groups is 1. The summed E-state index contributed by atoms with van der Waals surface area (Å²) < 4.78 is 30.5. The lowest BCUT2D eigenvalue weighted by molar-refractivity contribution is 0.0985. The maximum atomic E-state index is 13.0. The van der Waals surface area contributed by atoms with E-state index in [9.17, 15) is 18.3 Å². The van der Waals surface area contributed by atoms with Gasteiger partial charge in [0.15, 0.2) is 15.7 Å². The van der Waals surface area contributed by atoms with Gasteiger partial charge in [-0.3, -0.25) is 0 Å². The molecule has 1 saturated carbocycles. The highest BCUT2D eigenvalue weighted by Crippen LogP contribution is 2.53. The van der Waals surface area contributed by atoms with Crippen molar-refractivity contribution < 1.29 is 23.1 Å². The number of anilines is 2. The van der Waals surface area contributed by atoms with Crippen LogP contribution in [0.5, 0.6) is 0 Å². The molecule has 34 heavy (non-hydrogen) atoms. The Hall–Kier alpha value is -2.76. The molecule has 2 aromatic rings. The van der Waals surface area contributed by atoms with E-state index >= 15 is 0 Å². The molecule has 4 rings (SSSR count). The highest BCUT2D eigenvalue weighted by Gasteiger charge is 2.57. The molecule has 1 aliphatic heterocycles. The van der Waals surface area contributed by atoms with Gasteiger partial charge in [0.2, 0.25) is 0 Å². The maximum absolute atomic E-state index is 13.0. The third kappa shape index (κ3) is 4.86. The first-order valence-corrected chi connectivity index (χ1v) is 13.2. The highest BCUT2D eigenvalue weighted by molar-refractivity contribution is 7.92. The zero-order valence-corrected chi connectivity index (χ0v) is 20.3. The lowest BCUT2D eigenvalue weighted by Crippen LogP contribution is -2.44. The molecule has 0 radical (unpaired) electrons. The summed E-state index contributed by atoms with van der Waals surface area (Å²) >= 11 is 0. The van der Waals surface area contributed by atoms with Crippen molar-refractivity contribution in [2.24, 2.45) is 0 Å². The number of aromatic nitrogens is 2. The van der Waals surface area contributed by atoms with Gasteiger partial charge in [-0.15, -0.1) is 0 Å². The van der Waals surface area contributed by atoms with Crippen molar-refractivity contribution in [1.82, 2.24) is 15.3 Å². The van der Waals surface area contributed by atoms with E-state index in [0.29, 0.717) is 67.7 Å². The molecule has 1 saturated heterocycles. The molecule has 0 bridgehead atoms. The van der Waals surface area contributed by atoms with Crippen molar-refractivity contribution in [3.8, 4) is 11.4 Å². The zero-order valence-electron chi connectivity index (χ0n) is 19.5. The van der Waals surface area contributed by atoms with Gasteiger partial charge in [-0.2, -0.15) is 0 Å². The molecule has 2 heterocycles. The number of carbonyl (C=O) groups is 1. The second-order valence-electron chi connectivity index (χ2n) is 8.65. The fourth-order valence-corrected chi connectivity index (χ4v) is 5.98. The largest absolute Gasteiger partial charge is 0.395 e. The minimum atomic E-state index is -3.58. The van der Waals surface area contributed by atoms with Gasteiger partial charge < -0.3 is 25.4 Å². The Morgan fingerprint density at radius 3 is 2.62 bits per heavy atom. The van der Waals surface area contributed by atoms with Crippen molar-refractivity contribution in [3.05, 3.63) is 36.0 Å². The first-order valence-electron chi connectivity index (χ1n) is 11.5. The average Bonchev–Trinajstić information content (AvgIpc) is 3.63. The topological polar surface area (TPSA) is 134 Å². The Kier molecular flexibility index (Phi) is 7.06. The van der Waals surface area contributed by atoms with Crippen molar-refractivity contribution in [2.45, 2.75) is 37.5 Å². The fraction of sp³-hybridized carbons (Fsp3) is 0.522. The normalized spacial score (nSPS) is 19.5. The number of nitrogens with zero attached hydrogens (tertiary/aromatic N) is 3. The van der Waals surface area contributed by atoms with E-state index in [1.165, 1.54) is 0 Å². The van der Waals surface area contributed by atoms with Crippen molar-refractivity contribution in [2.75, 3.05) is 48.9 Å². The van der Waals surface area contributed by atoms with Crippen molar-refractivity contribution in [3.63, 3.8) is 0 Å². The molecule has 1 aromatic carbocycles. The molecule has 2 fully saturated rings. The Morgan fingerprint density at radius 1 is 1.26 bits per heavy atom. The molecule has 2 aliphatic rings. The number of carbonyl (C=O) groups excluding carboxylic acids is 1. The van der Waals surface area contributed by atoms with Crippen LogP contribution < -0.4 is 15.5 Å². The number of sulfone groups is 1. The molecule has 1 atom stereocenters. The summed E-state index contributed by atoms with van der Waals surface area (Å²) in [6.45, 7) is 5.74. The molecular weight excluding hydrogens is 458 g/mol. The number of nitrogens with one attached hydrogen (secondary N) is 2. The number of hydrogen-bond donors (Lipinski definition) is 3. The number of hydrogen-bond acceptors (Lipinski definition) is 8. The SMILES string of the molecule is CCNC(=O)Nc1ccc(-c2nc(N3CCOC[C@@H]3C)cc(C3(S(=O)(=O)CCO)CC3)n2)cc1. The van der Waals surface area contributed by atoms with E-state index in [1.807, 2.05) is 13.8 Å². The third-order valence-electron chi connectivity index (χ3n) is 6.24. The molecule has 1 aliphatic carbocycles. The number of rotatable bonds is 8. The van der Waals surface area contributed by atoms with Gasteiger partial charge in [0.25, 0.3) is 0 Å². The second-order valence-corrected chi connectivity index (χ2v) is 11.1. The monoisotopic (exact) mass is 489 g/mol. The summed E-state index contributed by atoms with van der Waals surface area (Å²) in [6, 6.07) is 8.68. The van der Waals surface area contributed by atoms with Crippen molar-refractivity contribution in [1.29, 1.82) is 0 Å². The van der Waals surface area contributed by atoms with E-state index in [-0.39, 0.29) is 17.8 Å². The number of aliphatic hydroxyl groups is 1. The van der Waals surface area contributed by atoms with Crippen LogP contribution in [-0.4, -0.2) is 74.2 Å². The summed E-state index contributed by atoms with van der Waals surface area (Å²) in [5.74, 6) is 0.780. The minimum absolute atomic E-state index is 0.0807. The fourth-order valence-electron chi connectivity index (χ4n) is 4.21. The first kappa shape index (κ1) is 24.4. The van der Waals surface area contributed by atoms with Crippen LogP contribution in [0.3, 0.4) is 0 Å². The Morgan fingerprint density at radius 2 is 2.00 bits per heavy atom. The predicted molar refractivity (Wildman–Crippen MR) is 130 cm³/mol. The Bertz CT molecular complexity index is 1130. The van der Waals surface area contributed by atoms with Crippen LogP contribution in [0.25, 0.3) is 11.4 Å². The standard InChI is InChI=1S/C23H31N5O5S/c1-3-24-22(30)25-18-6-4-17(5-7-18)21-26-19(23(8-9-23)34(31,32)13-11-29)14-20(27-21)28-10-12-33-15-16(28)2/h4-7,14,16,29H,3,8-13,15H2,1-2H3,(H2,24,25,30)/t16-/m0/s1. The van der Waals surface area contributed by atoms with Crippen LogP contribution in [-0.2, 0) is 19.3 Å². The van der Waals surface area contributed by atoms with Gasteiger partial charge in [0.05, 0.1) is 37.3 Å². The quantitative estimate of drug-likeness (QED) is 0.512. The second kappa shape index (κ2) is 9.85. The maximum Gasteiger partial charge on any atom is 0.319 e. The molecular formula is C23H31N5O5S. The average molecular weight is 490 g/mol. The summed E-state index contributed by atoms with van der Waals surface area (Å²) in [7, 11) is -3.58. The van der Waals surface area contributed by atoms with Crippen LogP contribution in [0.1, 0.15) is 32.4 Å². The molecule has 0 unspecified atom stereocenters. The van der Waals surface area contributed by atoms with E-state index < -0.39 is 21.2 Å². The smallest absolute Gasteiger partial charge is 0.319 e. The van der Waals surface area contributed by atoms with Gasteiger partial charge in [-0.05, 0) is 51.0 Å². The Labute approximate surface area is 199 Å². The zero-order chi connectivity index (χ0) is 24.3. The van der Waals surface area contributed by atoms with Crippen LogP contribution in [0.15, 0.2) is 30.3 Å². The number of aliphatic hydroxyl groups excluding tert-OH is 1. The van der Waals surface area contributed by atoms with Crippen LogP contribution in [0.4, 0.5) is 16.3 Å². The number of ether oxygens (including phenoxy) is 1. The van der Waals surface area contributed by atoms with Gasteiger partial charge in [0, 0.05) is 30.4 Å². The number of morpholine rings is 1. The van der Waals surface area contributed by atoms with Gasteiger partial charge in [-0.1, -0.05) is 0 Å². The minimum Gasteiger partial charge on any atom is -0.395 e. The molecule has 11 heteroatoms. The lowest BCUT2D eigenvalue weighted by Gasteiger charge is -2.34. The summed E-state index contributed by atoms with van der Waals surface area (Å²) in [6.07, 6.45) is 0.943. The predicted octanol–water partition coefficient (Wildman–Crippen LogP) is 1.91. The molecule has 0 spiro atoms. The molecule has 1 aromatic heterocycles. The summed E-state index contributed by atoms with van der Waals surface area (Å²) in [5, 5.41) is 14.8. The van der Waals surface area contributed by atoms with Crippen LogP contribution in [0, 0.1) is 0 Å². The van der Waals surface area contributed by atoms with E-state index in [1.54, 1.807) is 30.3 Å². The van der Waals surface area contributed by atoms with E-state index in [0.717, 1.165) is 0 Å². The van der Waals surface area contributed by atoms with Gasteiger partial charge >= 0.3 is 6.03 Å².